The van der Waals surface area contributed by atoms with Crippen molar-refractivity contribution in [3.05, 3.63) is 45.9 Å². The van der Waals surface area contributed by atoms with Crippen LogP contribution in [-0.4, -0.2) is 28.6 Å². The van der Waals surface area contributed by atoms with Gasteiger partial charge in [0, 0.05) is 18.5 Å². The van der Waals surface area contributed by atoms with Crippen molar-refractivity contribution in [3.8, 4) is 5.75 Å². The number of thiazole rings is 1. The molecule has 0 aliphatic heterocycles. The highest BCUT2D eigenvalue weighted by Gasteiger charge is 2.14. The first-order valence-corrected chi connectivity index (χ1v) is 8.25. The Balaban J connectivity index is 1.93. The van der Waals surface area contributed by atoms with E-state index in [-0.39, 0.29) is 18.6 Å². The first-order chi connectivity index (χ1) is 11.0. The Hall–Kier alpha value is -1.96. The van der Waals surface area contributed by atoms with Crippen molar-refractivity contribution in [3.63, 3.8) is 0 Å². The molecule has 23 heavy (non-hydrogen) atoms. The molecule has 124 valence electrons. The molecule has 0 saturated heterocycles. The number of aliphatic hydroxyl groups excluding tert-OH is 1. The van der Waals surface area contributed by atoms with Crippen LogP contribution < -0.4 is 15.8 Å². The van der Waals surface area contributed by atoms with Gasteiger partial charge in [0.15, 0.2) is 0 Å². The van der Waals surface area contributed by atoms with Crippen molar-refractivity contribution in [2.75, 3.05) is 6.54 Å². The zero-order valence-corrected chi connectivity index (χ0v) is 14.0. The summed E-state index contributed by atoms with van der Waals surface area (Å²) >= 11 is 1.34. The van der Waals surface area contributed by atoms with E-state index in [0.717, 1.165) is 0 Å². The average molecular weight is 335 g/mol. The van der Waals surface area contributed by atoms with E-state index < -0.39 is 6.10 Å². The third-order valence-corrected chi connectivity index (χ3v) is 3.90. The Morgan fingerprint density at radius 1 is 1.48 bits per heavy atom. The summed E-state index contributed by atoms with van der Waals surface area (Å²) in [6.07, 6.45) is -0.759. The molecule has 0 aliphatic rings. The van der Waals surface area contributed by atoms with Crippen LogP contribution in [0.1, 0.15) is 41.0 Å². The maximum atomic E-state index is 12.0. The van der Waals surface area contributed by atoms with E-state index in [0.29, 0.717) is 28.6 Å². The molecule has 6 nitrogen and oxygen atoms in total. The van der Waals surface area contributed by atoms with Gasteiger partial charge < -0.3 is 20.9 Å². The quantitative estimate of drug-likeness (QED) is 0.717. The first-order valence-electron chi connectivity index (χ1n) is 7.37. The van der Waals surface area contributed by atoms with Crippen LogP contribution in [0.25, 0.3) is 0 Å². The molecule has 1 amide bonds. The molecule has 4 N–H and O–H groups in total. The van der Waals surface area contributed by atoms with Gasteiger partial charge >= 0.3 is 0 Å². The van der Waals surface area contributed by atoms with Gasteiger partial charge in [-0.3, -0.25) is 4.79 Å². The number of nitrogens with two attached hydrogens (primary N) is 1. The second kappa shape index (κ2) is 8.05. The molecule has 2 aromatic rings. The number of carbonyl (C=O) groups excluding carboxylic acids is 1. The van der Waals surface area contributed by atoms with E-state index in [4.69, 9.17) is 10.5 Å². The third-order valence-electron chi connectivity index (χ3n) is 3.03. The molecule has 0 spiro atoms. The number of aromatic nitrogens is 1. The van der Waals surface area contributed by atoms with Crippen LogP contribution in [-0.2, 0) is 6.54 Å². The molecule has 0 radical (unpaired) electrons. The third kappa shape index (κ3) is 5.02. The lowest BCUT2D eigenvalue weighted by Crippen LogP contribution is -2.28. The van der Waals surface area contributed by atoms with E-state index in [1.54, 1.807) is 17.5 Å². The summed E-state index contributed by atoms with van der Waals surface area (Å²) in [5.41, 5.74) is 6.48. The standard InChI is InChI=1S/C16H21N3O3S/c1-10(2)22-12-5-3-4-11(6-12)14(20)8-18-16(21)13-9-23-15(7-17)19-13/h3-6,9-10,14,20H,7-8,17H2,1-2H3,(H,18,21). The largest absolute Gasteiger partial charge is 0.491 e. The van der Waals surface area contributed by atoms with Crippen molar-refractivity contribution in [2.24, 2.45) is 5.73 Å². The SMILES string of the molecule is CC(C)Oc1cccc(C(O)CNC(=O)c2csc(CN)n2)c1. The highest BCUT2D eigenvalue weighted by atomic mass is 32.1. The van der Waals surface area contributed by atoms with Gasteiger partial charge in [-0.15, -0.1) is 11.3 Å². The summed E-state index contributed by atoms with van der Waals surface area (Å²) in [6.45, 7) is 4.28. The minimum Gasteiger partial charge on any atom is -0.491 e. The highest BCUT2D eigenvalue weighted by molar-refractivity contribution is 7.09. The number of amides is 1. The molecule has 1 heterocycles. The lowest BCUT2D eigenvalue weighted by atomic mass is 10.1. The van der Waals surface area contributed by atoms with Crippen LogP contribution in [0.3, 0.4) is 0 Å². The number of hydrogen-bond acceptors (Lipinski definition) is 6. The van der Waals surface area contributed by atoms with Gasteiger partial charge in [0.05, 0.1) is 12.2 Å². The minimum absolute atomic E-state index is 0.0588. The first kappa shape index (κ1) is 17.4. The molecule has 0 saturated carbocycles. The molecular formula is C16H21N3O3S. The molecule has 7 heteroatoms. The zero-order valence-electron chi connectivity index (χ0n) is 13.2. The van der Waals surface area contributed by atoms with Gasteiger partial charge in [-0.2, -0.15) is 0 Å². The van der Waals surface area contributed by atoms with Crippen LogP contribution >= 0.6 is 11.3 Å². The number of nitrogens with zero attached hydrogens (tertiary/aromatic N) is 1. The van der Waals surface area contributed by atoms with Gasteiger partial charge in [-0.1, -0.05) is 12.1 Å². The minimum atomic E-state index is -0.817. The maximum Gasteiger partial charge on any atom is 0.270 e. The van der Waals surface area contributed by atoms with Crippen LogP contribution in [0, 0.1) is 0 Å². The van der Waals surface area contributed by atoms with Gasteiger partial charge in [0.25, 0.3) is 5.91 Å². The molecule has 0 bridgehead atoms. The molecule has 0 aliphatic carbocycles. The van der Waals surface area contributed by atoms with Crippen LogP contribution in [0.15, 0.2) is 29.6 Å². The summed E-state index contributed by atoms with van der Waals surface area (Å²) < 4.78 is 5.60. The molecular weight excluding hydrogens is 314 g/mol. The van der Waals surface area contributed by atoms with Crippen molar-refractivity contribution in [1.82, 2.24) is 10.3 Å². The summed E-state index contributed by atoms with van der Waals surface area (Å²) in [4.78, 5) is 16.1. The van der Waals surface area contributed by atoms with E-state index in [2.05, 4.69) is 10.3 Å². The number of rotatable bonds is 7. The molecule has 2 rings (SSSR count). The summed E-state index contributed by atoms with van der Waals surface area (Å²) in [5.74, 6) is 0.365. The van der Waals surface area contributed by atoms with E-state index in [1.807, 2.05) is 26.0 Å². The number of carbonyl (C=O) groups is 1. The predicted molar refractivity (Wildman–Crippen MR) is 89.5 cm³/mol. The molecule has 1 atom stereocenters. The van der Waals surface area contributed by atoms with Crippen LogP contribution in [0.5, 0.6) is 5.75 Å². The summed E-state index contributed by atoms with van der Waals surface area (Å²) in [7, 11) is 0. The molecule has 1 aromatic heterocycles. The second-order valence-corrected chi connectivity index (χ2v) is 6.24. The van der Waals surface area contributed by atoms with Crippen molar-refractivity contribution in [2.45, 2.75) is 32.6 Å². The summed E-state index contributed by atoms with van der Waals surface area (Å²) in [5, 5.41) is 15.2. The molecule has 0 fully saturated rings. The smallest absolute Gasteiger partial charge is 0.270 e. The second-order valence-electron chi connectivity index (χ2n) is 5.30. The fourth-order valence-electron chi connectivity index (χ4n) is 1.97. The monoisotopic (exact) mass is 335 g/mol. The number of ether oxygens (including phenoxy) is 1. The maximum absolute atomic E-state index is 12.0. The van der Waals surface area contributed by atoms with E-state index in [9.17, 15) is 9.90 Å². The number of nitrogens with one attached hydrogen (secondary N) is 1. The lowest BCUT2D eigenvalue weighted by molar-refractivity contribution is 0.0912. The van der Waals surface area contributed by atoms with Crippen LogP contribution in [0.4, 0.5) is 0 Å². The van der Waals surface area contributed by atoms with E-state index >= 15 is 0 Å². The van der Waals surface area contributed by atoms with Gasteiger partial charge in [0.2, 0.25) is 0 Å². The van der Waals surface area contributed by atoms with Crippen molar-refractivity contribution >= 4 is 17.2 Å². The predicted octanol–water partition coefficient (Wildman–Crippen LogP) is 1.85. The van der Waals surface area contributed by atoms with Gasteiger partial charge in [-0.25, -0.2) is 4.98 Å². The lowest BCUT2D eigenvalue weighted by Gasteiger charge is -2.14. The number of benzene rings is 1. The van der Waals surface area contributed by atoms with Crippen molar-refractivity contribution in [1.29, 1.82) is 0 Å². The van der Waals surface area contributed by atoms with Gasteiger partial charge in [0.1, 0.15) is 16.5 Å². The fraction of sp³-hybridized carbons (Fsp3) is 0.375. The Morgan fingerprint density at radius 3 is 2.91 bits per heavy atom. The zero-order chi connectivity index (χ0) is 16.8. The Labute approximate surface area is 139 Å². The Bertz CT molecular complexity index is 658. The Kier molecular flexibility index (Phi) is 6.09. The molecule has 1 aromatic carbocycles. The Morgan fingerprint density at radius 2 is 2.26 bits per heavy atom. The average Bonchev–Trinajstić information content (AvgIpc) is 3.01. The molecule has 1 unspecified atom stereocenters. The van der Waals surface area contributed by atoms with E-state index in [1.165, 1.54) is 11.3 Å². The topological polar surface area (TPSA) is 97.5 Å². The van der Waals surface area contributed by atoms with Crippen LogP contribution in [0.2, 0.25) is 0 Å². The fourth-order valence-corrected chi connectivity index (χ4v) is 2.63. The summed E-state index contributed by atoms with van der Waals surface area (Å²) in [6, 6.07) is 7.20. The van der Waals surface area contributed by atoms with Gasteiger partial charge in [-0.05, 0) is 31.5 Å². The number of hydrogen-bond donors (Lipinski definition) is 3. The van der Waals surface area contributed by atoms with Crippen molar-refractivity contribution < 1.29 is 14.6 Å². The highest BCUT2D eigenvalue weighted by Crippen LogP contribution is 2.20. The normalized spacial score (nSPS) is 12.2. The number of aliphatic hydroxyl groups is 1.